The minimum absolute atomic E-state index is 0.0156. The summed E-state index contributed by atoms with van der Waals surface area (Å²) in [6, 6.07) is 5.57. The van der Waals surface area contributed by atoms with E-state index in [9.17, 15) is 13.2 Å². The highest BCUT2D eigenvalue weighted by Crippen LogP contribution is 2.10. The number of hydrogen-bond acceptors (Lipinski definition) is 6. The van der Waals surface area contributed by atoms with Crippen molar-refractivity contribution in [1.29, 1.82) is 0 Å². The van der Waals surface area contributed by atoms with Gasteiger partial charge in [-0.15, -0.1) is 0 Å². The molecule has 1 aromatic heterocycles. The first-order chi connectivity index (χ1) is 9.31. The third-order valence-corrected chi connectivity index (χ3v) is 3.47. The zero-order chi connectivity index (χ0) is 15.2. The molecule has 0 atom stereocenters. The summed E-state index contributed by atoms with van der Waals surface area (Å²) in [6.07, 6.45) is 3.17. The van der Waals surface area contributed by atoms with E-state index in [1.807, 2.05) is 4.72 Å². The van der Waals surface area contributed by atoms with Crippen LogP contribution in [0.25, 0.3) is 0 Å². The minimum atomic E-state index is -3.73. The topological polar surface area (TPSA) is 115 Å². The normalized spacial score (nSPS) is 10.3. The first kappa shape index (κ1) is 15.7. The number of anilines is 1. The van der Waals surface area contributed by atoms with Crippen LogP contribution in [0.1, 0.15) is 12.8 Å². The van der Waals surface area contributed by atoms with Gasteiger partial charge < -0.3 is 10.2 Å². The number of nitrogens with zero attached hydrogens (tertiary/aromatic N) is 1. The molecule has 0 aliphatic heterocycles. The summed E-state index contributed by atoms with van der Waals surface area (Å²) in [6.45, 7) is 2.94. The Bertz CT molecular complexity index is 649. The van der Waals surface area contributed by atoms with Gasteiger partial charge >= 0.3 is 0 Å². The Hall–Kier alpha value is -2.35. The maximum absolute atomic E-state index is 11.4. The van der Waals surface area contributed by atoms with Crippen molar-refractivity contribution in [2.24, 2.45) is 0 Å². The predicted octanol–water partition coefficient (Wildman–Crippen LogP) is 1.08. The zero-order valence-corrected chi connectivity index (χ0v) is 11.8. The lowest BCUT2D eigenvalue weighted by molar-refractivity contribution is -0.117. The molecule has 0 aliphatic rings. The van der Waals surface area contributed by atoms with E-state index in [1.54, 1.807) is 19.4 Å². The number of hydrogen-bond donors (Lipinski definition) is 2. The van der Waals surface area contributed by atoms with Crippen LogP contribution in [0, 0.1) is 6.92 Å². The molecular formula is C12H15N3O4S. The van der Waals surface area contributed by atoms with Crippen molar-refractivity contribution in [1.82, 2.24) is 9.71 Å². The van der Waals surface area contributed by atoms with Crippen LogP contribution in [-0.4, -0.2) is 19.3 Å². The van der Waals surface area contributed by atoms with E-state index in [0.717, 1.165) is 12.8 Å². The molecule has 0 radical (unpaired) electrons. The fraction of sp³-hybridized carbons (Fsp3) is 0.167. The van der Waals surface area contributed by atoms with Gasteiger partial charge in [-0.2, -0.15) is 0 Å². The number of carbonyl (C=O) groups excluding carboxylic acids is 1. The number of sulfonamides is 1. The number of carbonyl (C=O) groups is 1. The zero-order valence-electron chi connectivity index (χ0n) is 11.0. The van der Waals surface area contributed by atoms with Crippen molar-refractivity contribution in [3.63, 3.8) is 0 Å². The van der Waals surface area contributed by atoms with E-state index < -0.39 is 15.9 Å². The monoisotopic (exact) mass is 297 g/mol. The Balaban J connectivity index is 0.000000276. The van der Waals surface area contributed by atoms with Gasteiger partial charge in [0.1, 0.15) is 6.26 Å². The predicted molar refractivity (Wildman–Crippen MR) is 73.1 cm³/mol. The fourth-order valence-corrected chi connectivity index (χ4v) is 2.18. The first-order valence-corrected chi connectivity index (χ1v) is 7.04. The summed E-state index contributed by atoms with van der Waals surface area (Å²) in [7, 11) is -3.73. The minimum Gasteiger partial charge on any atom is -0.449 e. The summed E-state index contributed by atoms with van der Waals surface area (Å²) in [5.74, 6) is 0.0943. The van der Waals surface area contributed by atoms with Crippen molar-refractivity contribution < 1.29 is 17.6 Å². The van der Waals surface area contributed by atoms with Crippen LogP contribution in [0.3, 0.4) is 0 Å². The van der Waals surface area contributed by atoms with Gasteiger partial charge in [0.15, 0.2) is 5.89 Å². The lowest BCUT2D eigenvalue weighted by atomic mass is 10.3. The summed E-state index contributed by atoms with van der Waals surface area (Å²) >= 11 is 0. The van der Waals surface area contributed by atoms with E-state index in [1.165, 1.54) is 24.3 Å². The second-order valence-electron chi connectivity index (χ2n) is 3.78. The van der Waals surface area contributed by atoms with Gasteiger partial charge in [-0.05, 0) is 24.3 Å². The number of nitrogen functional groups attached to an aromatic ring is 1. The highest BCUT2D eigenvalue weighted by atomic mass is 32.2. The average Bonchev–Trinajstić information content (AvgIpc) is 2.80. The van der Waals surface area contributed by atoms with Gasteiger partial charge in [0.25, 0.3) is 10.0 Å². The molecule has 0 saturated carbocycles. The van der Waals surface area contributed by atoms with Crippen molar-refractivity contribution in [2.75, 3.05) is 5.73 Å². The lowest BCUT2D eigenvalue weighted by Crippen LogP contribution is -2.28. The van der Waals surface area contributed by atoms with Crippen LogP contribution < -0.4 is 10.5 Å². The van der Waals surface area contributed by atoms with Crippen molar-refractivity contribution in [3.05, 3.63) is 42.6 Å². The first-order valence-electron chi connectivity index (χ1n) is 5.56. The molecule has 1 aromatic carbocycles. The van der Waals surface area contributed by atoms with Crippen LogP contribution in [0.4, 0.5) is 5.69 Å². The largest absolute Gasteiger partial charge is 0.449 e. The van der Waals surface area contributed by atoms with Crippen LogP contribution in [-0.2, 0) is 14.8 Å². The van der Waals surface area contributed by atoms with Gasteiger partial charge in [-0.3, -0.25) is 4.79 Å². The average molecular weight is 297 g/mol. The maximum atomic E-state index is 11.4. The van der Waals surface area contributed by atoms with Crippen LogP contribution >= 0.6 is 0 Å². The van der Waals surface area contributed by atoms with E-state index in [4.69, 9.17) is 10.2 Å². The van der Waals surface area contributed by atoms with Crippen LogP contribution in [0.2, 0.25) is 0 Å². The number of rotatable bonds is 2. The SMILES string of the molecule is CC(=O)NS(=O)(=O)c1ccc(N)cc1.Cc1ncco1. The van der Waals surface area contributed by atoms with Crippen LogP contribution in [0.15, 0.2) is 46.0 Å². The van der Waals surface area contributed by atoms with Gasteiger partial charge in [0.05, 0.1) is 11.1 Å². The number of nitrogens with two attached hydrogens (primary N) is 1. The molecular weight excluding hydrogens is 282 g/mol. The molecule has 0 fully saturated rings. The summed E-state index contributed by atoms with van der Waals surface area (Å²) in [4.78, 5) is 14.4. The van der Waals surface area contributed by atoms with E-state index in [-0.39, 0.29) is 4.90 Å². The molecule has 3 N–H and O–H groups in total. The molecule has 2 rings (SSSR count). The Morgan fingerprint density at radius 1 is 1.30 bits per heavy atom. The molecule has 108 valence electrons. The molecule has 0 spiro atoms. The summed E-state index contributed by atoms with van der Waals surface area (Å²) in [5, 5.41) is 0. The van der Waals surface area contributed by atoms with Crippen LogP contribution in [0.5, 0.6) is 0 Å². The summed E-state index contributed by atoms with van der Waals surface area (Å²) in [5.41, 5.74) is 5.85. The number of aromatic nitrogens is 1. The Morgan fingerprint density at radius 2 is 1.90 bits per heavy atom. The smallest absolute Gasteiger partial charge is 0.264 e. The van der Waals surface area contributed by atoms with Crippen molar-refractivity contribution >= 4 is 21.6 Å². The highest BCUT2D eigenvalue weighted by molar-refractivity contribution is 7.90. The Morgan fingerprint density at radius 3 is 2.25 bits per heavy atom. The third-order valence-electron chi connectivity index (χ3n) is 2.02. The number of amides is 1. The van der Waals surface area contributed by atoms with Crippen molar-refractivity contribution in [3.8, 4) is 0 Å². The summed E-state index contributed by atoms with van der Waals surface area (Å²) < 4.78 is 29.3. The second-order valence-corrected chi connectivity index (χ2v) is 5.46. The van der Waals surface area contributed by atoms with E-state index in [0.29, 0.717) is 5.69 Å². The Kier molecular flexibility index (Phi) is 5.27. The second kappa shape index (κ2) is 6.71. The molecule has 0 aliphatic carbocycles. The number of benzene rings is 1. The van der Waals surface area contributed by atoms with Crippen molar-refractivity contribution in [2.45, 2.75) is 18.7 Å². The highest BCUT2D eigenvalue weighted by Gasteiger charge is 2.14. The number of oxazole rings is 1. The molecule has 0 unspecified atom stereocenters. The molecule has 8 heteroatoms. The number of nitrogens with one attached hydrogen (secondary N) is 1. The molecule has 7 nitrogen and oxygen atoms in total. The fourth-order valence-electron chi connectivity index (χ4n) is 1.19. The maximum Gasteiger partial charge on any atom is 0.264 e. The molecule has 2 aromatic rings. The van der Waals surface area contributed by atoms with Gasteiger partial charge in [-0.1, -0.05) is 0 Å². The lowest BCUT2D eigenvalue weighted by Gasteiger charge is -2.04. The quantitative estimate of drug-likeness (QED) is 0.801. The van der Waals surface area contributed by atoms with Gasteiger partial charge in [0, 0.05) is 19.5 Å². The molecule has 20 heavy (non-hydrogen) atoms. The third kappa shape index (κ3) is 5.11. The molecule has 0 saturated heterocycles. The van der Waals surface area contributed by atoms with Gasteiger partial charge in [0.2, 0.25) is 5.91 Å². The van der Waals surface area contributed by atoms with E-state index in [2.05, 4.69) is 4.98 Å². The molecule has 0 bridgehead atoms. The molecule has 1 heterocycles. The Labute approximate surface area is 116 Å². The molecule has 1 amide bonds. The standard InChI is InChI=1S/C8H10N2O3S.C4H5NO/c1-6(11)10-14(12,13)8-4-2-7(9)3-5-8;1-4-5-2-3-6-4/h2-5H,9H2,1H3,(H,10,11);2-3H,1H3. The number of aryl methyl sites for hydroxylation is 1. The van der Waals surface area contributed by atoms with E-state index >= 15 is 0 Å². The van der Waals surface area contributed by atoms with Gasteiger partial charge in [-0.25, -0.2) is 18.1 Å².